The Morgan fingerprint density at radius 2 is 2.23 bits per heavy atom. The lowest BCUT2D eigenvalue weighted by Gasteiger charge is -2.12. The van der Waals surface area contributed by atoms with Crippen molar-refractivity contribution >= 4 is 40.2 Å². The second kappa shape index (κ2) is 8.55. The molecule has 1 aromatic carbocycles. The minimum absolute atomic E-state index is 0.184. The minimum Gasteiger partial charge on any atom is -0.392 e. The number of anilines is 2. The van der Waals surface area contributed by atoms with Crippen LogP contribution in [0.25, 0.3) is 11.0 Å². The molecule has 1 aliphatic heterocycles. The fourth-order valence-electron chi connectivity index (χ4n) is 3.43. The van der Waals surface area contributed by atoms with Crippen LogP contribution in [0.4, 0.5) is 11.6 Å². The zero-order chi connectivity index (χ0) is 21.3. The van der Waals surface area contributed by atoms with Crippen LogP contribution in [0.3, 0.4) is 0 Å². The number of carbonyl (C=O) groups is 1. The van der Waals surface area contributed by atoms with Crippen LogP contribution in [0.2, 0.25) is 5.02 Å². The average molecular weight is 431 g/mol. The number of halogens is 1. The van der Waals surface area contributed by atoms with Gasteiger partial charge in [0.1, 0.15) is 5.92 Å². The lowest BCUT2D eigenvalue weighted by molar-refractivity contribution is -0.116. The molecule has 3 heterocycles. The summed E-state index contributed by atoms with van der Waals surface area (Å²) >= 11 is 6.19. The van der Waals surface area contributed by atoms with E-state index in [9.17, 15) is 9.90 Å². The molecule has 0 bridgehead atoms. The smallest absolute Gasteiger partial charge is 0.238 e. The summed E-state index contributed by atoms with van der Waals surface area (Å²) in [5.41, 5.74) is 2.47. The average Bonchev–Trinajstić information content (AvgIpc) is 3.25. The standard InChI is InChI=1S/C20H23ClN6O3/c1-3-30-7-6-27-10-14-17(24-20(22-9-11(2)28)25-18(14)26-27)16-13-8-12(21)4-5-15(13)23-19(16)29/h4-5,8,10-11,16,28H,3,6-7,9H2,1-2H3,(H,23,29)(H,22,25,26)/t11-,16?/m0/s1. The first kappa shape index (κ1) is 20.5. The van der Waals surface area contributed by atoms with Gasteiger partial charge < -0.3 is 20.5 Å². The number of aromatic nitrogens is 4. The van der Waals surface area contributed by atoms with Crippen LogP contribution in [-0.2, 0) is 16.1 Å². The first-order chi connectivity index (χ1) is 14.5. The third-order valence-electron chi connectivity index (χ3n) is 4.80. The van der Waals surface area contributed by atoms with Gasteiger partial charge in [-0.25, -0.2) is 4.98 Å². The van der Waals surface area contributed by atoms with Crippen molar-refractivity contribution in [2.45, 2.75) is 32.4 Å². The number of ether oxygens (including phenoxy) is 1. The van der Waals surface area contributed by atoms with Crippen LogP contribution in [0.15, 0.2) is 24.4 Å². The number of benzene rings is 1. The Morgan fingerprint density at radius 1 is 1.40 bits per heavy atom. The van der Waals surface area contributed by atoms with E-state index in [1.165, 1.54) is 0 Å². The van der Waals surface area contributed by atoms with Crippen molar-refractivity contribution in [3.8, 4) is 0 Å². The van der Waals surface area contributed by atoms with E-state index < -0.39 is 12.0 Å². The Morgan fingerprint density at radius 3 is 3.00 bits per heavy atom. The zero-order valence-electron chi connectivity index (χ0n) is 16.7. The molecule has 2 aromatic heterocycles. The molecule has 10 heteroatoms. The molecule has 0 fully saturated rings. The fourth-order valence-corrected chi connectivity index (χ4v) is 3.61. The number of nitrogens with zero attached hydrogens (tertiary/aromatic N) is 4. The molecule has 3 N–H and O–H groups in total. The molecule has 0 radical (unpaired) electrons. The molecule has 3 aromatic rings. The van der Waals surface area contributed by atoms with Crippen LogP contribution in [0.1, 0.15) is 31.0 Å². The molecule has 9 nitrogen and oxygen atoms in total. The summed E-state index contributed by atoms with van der Waals surface area (Å²) < 4.78 is 7.15. The van der Waals surface area contributed by atoms with Gasteiger partial charge in [0.25, 0.3) is 0 Å². The maximum Gasteiger partial charge on any atom is 0.238 e. The Hall–Kier alpha value is -2.75. The van der Waals surface area contributed by atoms with Crippen molar-refractivity contribution in [3.05, 3.63) is 40.7 Å². The van der Waals surface area contributed by atoms with E-state index in [2.05, 4.69) is 25.7 Å². The van der Waals surface area contributed by atoms with Crippen molar-refractivity contribution < 1.29 is 14.6 Å². The van der Waals surface area contributed by atoms with Crippen molar-refractivity contribution in [3.63, 3.8) is 0 Å². The van der Waals surface area contributed by atoms with Crippen LogP contribution < -0.4 is 10.6 Å². The fraction of sp³-hybridized carbons (Fsp3) is 0.400. The normalized spacial score (nSPS) is 16.5. The number of hydrogen-bond donors (Lipinski definition) is 3. The van der Waals surface area contributed by atoms with Gasteiger partial charge in [0.05, 0.1) is 30.3 Å². The number of amides is 1. The van der Waals surface area contributed by atoms with Gasteiger partial charge in [0, 0.05) is 30.1 Å². The maximum atomic E-state index is 12.9. The first-order valence-electron chi connectivity index (χ1n) is 9.81. The van der Waals surface area contributed by atoms with Gasteiger partial charge in [0.15, 0.2) is 5.65 Å². The van der Waals surface area contributed by atoms with Crippen molar-refractivity contribution in [1.29, 1.82) is 0 Å². The zero-order valence-corrected chi connectivity index (χ0v) is 17.5. The van der Waals surface area contributed by atoms with Gasteiger partial charge in [-0.15, -0.1) is 0 Å². The molecular formula is C20H23ClN6O3. The van der Waals surface area contributed by atoms with E-state index in [0.717, 1.165) is 5.56 Å². The van der Waals surface area contributed by atoms with E-state index >= 15 is 0 Å². The minimum atomic E-state index is -0.638. The summed E-state index contributed by atoms with van der Waals surface area (Å²) in [5.74, 6) is -0.520. The second-order valence-electron chi connectivity index (χ2n) is 7.14. The van der Waals surface area contributed by atoms with Gasteiger partial charge >= 0.3 is 0 Å². The Kier molecular flexibility index (Phi) is 5.85. The van der Waals surface area contributed by atoms with E-state index in [0.29, 0.717) is 53.1 Å². The molecular weight excluding hydrogens is 408 g/mol. The number of aliphatic hydroxyl groups is 1. The Bertz CT molecular complexity index is 1080. The highest BCUT2D eigenvalue weighted by Crippen LogP contribution is 2.40. The predicted octanol–water partition coefficient (Wildman–Crippen LogP) is 2.39. The summed E-state index contributed by atoms with van der Waals surface area (Å²) in [6.07, 6.45) is 1.25. The summed E-state index contributed by atoms with van der Waals surface area (Å²) in [6, 6.07) is 5.29. The van der Waals surface area contributed by atoms with Crippen LogP contribution in [0, 0.1) is 0 Å². The second-order valence-corrected chi connectivity index (χ2v) is 7.58. The van der Waals surface area contributed by atoms with Gasteiger partial charge in [-0.2, -0.15) is 10.1 Å². The maximum absolute atomic E-state index is 12.9. The number of rotatable bonds is 8. The van der Waals surface area contributed by atoms with E-state index in [1.54, 1.807) is 29.8 Å². The monoisotopic (exact) mass is 430 g/mol. The number of aliphatic hydroxyl groups excluding tert-OH is 1. The van der Waals surface area contributed by atoms with Crippen molar-refractivity contribution in [2.75, 3.05) is 30.4 Å². The molecule has 0 spiro atoms. The van der Waals surface area contributed by atoms with E-state index in [1.807, 2.05) is 13.1 Å². The first-order valence-corrected chi connectivity index (χ1v) is 10.2. The van der Waals surface area contributed by atoms with Gasteiger partial charge in [-0.1, -0.05) is 11.6 Å². The lowest BCUT2D eigenvalue weighted by Crippen LogP contribution is -2.19. The summed E-state index contributed by atoms with van der Waals surface area (Å²) in [7, 11) is 0. The SMILES string of the molecule is CCOCCn1cc2c(C3C(=O)Nc4ccc(Cl)cc43)nc(NC[C@H](C)O)nc2n1. The van der Waals surface area contributed by atoms with Crippen LogP contribution in [0.5, 0.6) is 0 Å². The number of hydrogen-bond acceptors (Lipinski definition) is 7. The highest BCUT2D eigenvalue weighted by Gasteiger charge is 2.35. The molecule has 1 amide bonds. The van der Waals surface area contributed by atoms with Gasteiger partial charge in [-0.3, -0.25) is 9.48 Å². The Balaban J connectivity index is 1.80. The number of nitrogens with one attached hydrogen (secondary N) is 2. The van der Waals surface area contributed by atoms with Gasteiger partial charge in [-0.05, 0) is 37.6 Å². The summed E-state index contributed by atoms with van der Waals surface area (Å²) in [6.45, 7) is 5.57. The molecule has 2 atom stereocenters. The molecule has 0 saturated heterocycles. The predicted molar refractivity (Wildman–Crippen MR) is 114 cm³/mol. The van der Waals surface area contributed by atoms with Crippen molar-refractivity contribution in [1.82, 2.24) is 19.7 Å². The molecule has 4 rings (SSSR count). The highest BCUT2D eigenvalue weighted by molar-refractivity contribution is 6.31. The molecule has 1 aliphatic rings. The van der Waals surface area contributed by atoms with E-state index in [4.69, 9.17) is 16.3 Å². The van der Waals surface area contributed by atoms with Crippen molar-refractivity contribution in [2.24, 2.45) is 0 Å². The molecule has 0 aliphatic carbocycles. The molecule has 30 heavy (non-hydrogen) atoms. The van der Waals surface area contributed by atoms with Crippen LogP contribution >= 0.6 is 11.6 Å². The van der Waals surface area contributed by atoms with E-state index in [-0.39, 0.29) is 12.5 Å². The number of carbonyl (C=O) groups excluding carboxylic acids is 1. The number of fused-ring (bicyclic) bond motifs is 2. The summed E-state index contributed by atoms with van der Waals surface area (Å²) in [4.78, 5) is 21.9. The third kappa shape index (κ3) is 4.09. The highest BCUT2D eigenvalue weighted by atomic mass is 35.5. The molecule has 158 valence electrons. The lowest BCUT2D eigenvalue weighted by atomic mass is 9.95. The van der Waals surface area contributed by atoms with Crippen LogP contribution in [-0.4, -0.2) is 56.6 Å². The largest absolute Gasteiger partial charge is 0.392 e. The Labute approximate surface area is 178 Å². The molecule has 0 saturated carbocycles. The summed E-state index contributed by atoms with van der Waals surface area (Å²) in [5, 5.41) is 21.3. The topological polar surface area (TPSA) is 114 Å². The molecule has 1 unspecified atom stereocenters. The van der Waals surface area contributed by atoms with Gasteiger partial charge in [0.2, 0.25) is 11.9 Å². The quantitative estimate of drug-likeness (QED) is 0.470. The third-order valence-corrected chi connectivity index (χ3v) is 5.03.